The first kappa shape index (κ1) is 14.4. The van der Waals surface area contributed by atoms with Crippen LogP contribution in [0.15, 0.2) is 66.9 Å². The summed E-state index contributed by atoms with van der Waals surface area (Å²) in [6.07, 6.45) is 3.15. The molecule has 0 fully saturated rings. The van der Waals surface area contributed by atoms with Crippen LogP contribution in [0, 0.1) is 0 Å². The second kappa shape index (κ2) is 6.08. The molecule has 3 heteroatoms. The van der Waals surface area contributed by atoms with Gasteiger partial charge in [-0.25, -0.2) is 0 Å². The van der Waals surface area contributed by atoms with Crippen LogP contribution in [-0.4, -0.2) is 16.4 Å². The summed E-state index contributed by atoms with van der Waals surface area (Å²) >= 11 is 0. The standard InChI is InChI=1S/C19H17NO2/c21-12-6-11-19(22,16-8-2-1-3-9-16)17-13-15-7-4-5-10-18(15)20-14-17/h1-5,7-10,12-14,22H,6,11H2. The van der Waals surface area contributed by atoms with Crippen molar-refractivity contribution in [3.05, 3.63) is 78.0 Å². The minimum absolute atomic E-state index is 0.290. The molecule has 1 unspecified atom stereocenters. The highest BCUT2D eigenvalue weighted by Crippen LogP contribution is 2.34. The molecule has 0 spiro atoms. The predicted molar refractivity (Wildman–Crippen MR) is 86.5 cm³/mol. The van der Waals surface area contributed by atoms with Gasteiger partial charge in [-0.3, -0.25) is 4.98 Å². The van der Waals surface area contributed by atoms with Gasteiger partial charge < -0.3 is 9.90 Å². The fourth-order valence-corrected chi connectivity index (χ4v) is 2.73. The Balaban J connectivity index is 2.13. The molecule has 1 aromatic heterocycles. The Hall–Kier alpha value is -2.52. The maximum absolute atomic E-state index is 11.2. The van der Waals surface area contributed by atoms with Crippen molar-refractivity contribution < 1.29 is 9.90 Å². The molecule has 1 atom stereocenters. The molecule has 0 radical (unpaired) electrons. The Morgan fingerprint density at radius 3 is 2.50 bits per heavy atom. The lowest BCUT2D eigenvalue weighted by Crippen LogP contribution is -2.27. The van der Waals surface area contributed by atoms with Gasteiger partial charge in [0, 0.05) is 23.6 Å². The number of hydrogen-bond acceptors (Lipinski definition) is 3. The summed E-state index contributed by atoms with van der Waals surface area (Å²) in [5.74, 6) is 0. The number of fused-ring (bicyclic) bond motifs is 1. The van der Waals surface area contributed by atoms with Crippen molar-refractivity contribution in [1.82, 2.24) is 4.98 Å². The van der Waals surface area contributed by atoms with Crippen molar-refractivity contribution in [3.63, 3.8) is 0 Å². The first-order valence-electron chi connectivity index (χ1n) is 7.31. The molecule has 0 saturated carbocycles. The van der Waals surface area contributed by atoms with Gasteiger partial charge >= 0.3 is 0 Å². The summed E-state index contributed by atoms with van der Waals surface area (Å²) in [5, 5.41) is 12.2. The van der Waals surface area contributed by atoms with Crippen molar-refractivity contribution in [1.29, 1.82) is 0 Å². The maximum Gasteiger partial charge on any atom is 0.120 e. The lowest BCUT2D eigenvalue weighted by Gasteiger charge is -2.28. The number of para-hydroxylation sites is 1. The molecule has 0 saturated heterocycles. The molecule has 1 N–H and O–H groups in total. The summed E-state index contributed by atoms with van der Waals surface area (Å²) in [4.78, 5) is 15.2. The summed E-state index contributed by atoms with van der Waals surface area (Å²) in [7, 11) is 0. The van der Waals surface area contributed by atoms with Crippen LogP contribution in [0.4, 0.5) is 0 Å². The molecule has 0 bridgehead atoms. The van der Waals surface area contributed by atoms with Gasteiger partial charge in [-0.05, 0) is 24.1 Å². The van der Waals surface area contributed by atoms with Crippen molar-refractivity contribution in [2.75, 3.05) is 0 Å². The van der Waals surface area contributed by atoms with Crippen LogP contribution in [0.1, 0.15) is 24.0 Å². The predicted octanol–water partition coefficient (Wildman–Crippen LogP) is 3.45. The number of aldehydes is 1. The number of nitrogens with zero attached hydrogens (tertiary/aromatic N) is 1. The first-order chi connectivity index (χ1) is 10.7. The first-order valence-corrected chi connectivity index (χ1v) is 7.31. The van der Waals surface area contributed by atoms with Crippen LogP contribution in [0.25, 0.3) is 10.9 Å². The number of carbonyl (C=O) groups is 1. The molecule has 1 heterocycles. The highest BCUT2D eigenvalue weighted by Gasteiger charge is 2.31. The van der Waals surface area contributed by atoms with E-state index in [2.05, 4.69) is 4.98 Å². The Labute approximate surface area is 129 Å². The maximum atomic E-state index is 11.2. The van der Waals surface area contributed by atoms with E-state index >= 15 is 0 Å². The quantitative estimate of drug-likeness (QED) is 0.732. The van der Waals surface area contributed by atoms with Crippen molar-refractivity contribution in [2.24, 2.45) is 0 Å². The molecule has 0 aliphatic carbocycles. The fourth-order valence-electron chi connectivity index (χ4n) is 2.73. The van der Waals surface area contributed by atoms with Crippen molar-refractivity contribution in [2.45, 2.75) is 18.4 Å². The zero-order chi connectivity index (χ0) is 15.4. The van der Waals surface area contributed by atoms with Crippen LogP contribution in [0.3, 0.4) is 0 Å². The molecule has 22 heavy (non-hydrogen) atoms. The Morgan fingerprint density at radius 2 is 1.73 bits per heavy atom. The minimum Gasteiger partial charge on any atom is -0.380 e. The van der Waals surface area contributed by atoms with Gasteiger partial charge in [0.15, 0.2) is 0 Å². The van der Waals surface area contributed by atoms with E-state index in [1.807, 2.05) is 60.7 Å². The van der Waals surface area contributed by atoms with Gasteiger partial charge in [0.05, 0.1) is 5.52 Å². The average Bonchev–Trinajstić information content (AvgIpc) is 2.60. The van der Waals surface area contributed by atoms with Crippen molar-refractivity contribution in [3.8, 4) is 0 Å². The van der Waals surface area contributed by atoms with Crippen LogP contribution in [0.2, 0.25) is 0 Å². The summed E-state index contributed by atoms with van der Waals surface area (Å²) in [6.45, 7) is 0. The highest BCUT2D eigenvalue weighted by atomic mass is 16.3. The highest BCUT2D eigenvalue weighted by molar-refractivity contribution is 5.79. The van der Waals surface area contributed by atoms with Gasteiger partial charge in [0.25, 0.3) is 0 Å². The van der Waals surface area contributed by atoms with Gasteiger partial charge in [-0.1, -0.05) is 48.5 Å². The topological polar surface area (TPSA) is 50.2 Å². The van der Waals surface area contributed by atoms with E-state index in [1.165, 1.54) is 0 Å². The second-order valence-electron chi connectivity index (χ2n) is 5.35. The smallest absolute Gasteiger partial charge is 0.120 e. The number of aromatic nitrogens is 1. The van der Waals surface area contributed by atoms with Crippen LogP contribution in [0.5, 0.6) is 0 Å². The van der Waals surface area contributed by atoms with Gasteiger partial charge in [-0.15, -0.1) is 0 Å². The van der Waals surface area contributed by atoms with Crippen LogP contribution in [-0.2, 0) is 10.4 Å². The zero-order valence-corrected chi connectivity index (χ0v) is 12.1. The fraction of sp³-hybridized carbons (Fsp3) is 0.158. The van der Waals surface area contributed by atoms with E-state index in [4.69, 9.17) is 0 Å². The van der Waals surface area contributed by atoms with E-state index in [0.29, 0.717) is 12.0 Å². The van der Waals surface area contributed by atoms with Crippen LogP contribution >= 0.6 is 0 Å². The van der Waals surface area contributed by atoms with E-state index in [0.717, 1.165) is 22.8 Å². The van der Waals surface area contributed by atoms with Gasteiger partial charge in [-0.2, -0.15) is 0 Å². The van der Waals surface area contributed by atoms with E-state index in [9.17, 15) is 9.90 Å². The van der Waals surface area contributed by atoms with E-state index < -0.39 is 5.60 Å². The molecular weight excluding hydrogens is 274 g/mol. The van der Waals surface area contributed by atoms with Gasteiger partial charge in [0.2, 0.25) is 0 Å². The van der Waals surface area contributed by atoms with Gasteiger partial charge in [0.1, 0.15) is 11.9 Å². The third-order valence-electron chi connectivity index (χ3n) is 3.94. The summed E-state index contributed by atoms with van der Waals surface area (Å²) in [5.41, 5.74) is 1.16. The molecule has 110 valence electrons. The molecule has 0 aliphatic rings. The minimum atomic E-state index is -1.21. The normalized spacial score (nSPS) is 13.7. The Bertz CT molecular complexity index is 786. The zero-order valence-electron chi connectivity index (χ0n) is 12.1. The monoisotopic (exact) mass is 291 g/mol. The van der Waals surface area contributed by atoms with Crippen LogP contribution < -0.4 is 0 Å². The molecule has 3 aromatic rings. The number of aliphatic hydroxyl groups is 1. The number of carbonyl (C=O) groups excluding carboxylic acids is 1. The SMILES string of the molecule is O=CCCC(O)(c1ccccc1)c1cnc2ccccc2c1. The molecule has 3 nitrogen and oxygen atoms in total. The molecule has 0 amide bonds. The third kappa shape index (κ3) is 2.63. The summed E-state index contributed by atoms with van der Waals surface area (Å²) in [6, 6.07) is 19.2. The third-order valence-corrected chi connectivity index (χ3v) is 3.94. The molecular formula is C19H17NO2. The lowest BCUT2D eigenvalue weighted by molar-refractivity contribution is -0.108. The Morgan fingerprint density at radius 1 is 1.00 bits per heavy atom. The second-order valence-corrected chi connectivity index (χ2v) is 5.35. The van der Waals surface area contributed by atoms with E-state index in [-0.39, 0.29) is 6.42 Å². The molecule has 3 rings (SSSR count). The molecule has 0 aliphatic heterocycles. The average molecular weight is 291 g/mol. The largest absolute Gasteiger partial charge is 0.380 e. The number of benzene rings is 2. The number of hydrogen-bond donors (Lipinski definition) is 1. The van der Waals surface area contributed by atoms with Crippen molar-refractivity contribution >= 4 is 17.2 Å². The number of rotatable bonds is 5. The number of pyridine rings is 1. The molecule has 2 aromatic carbocycles. The van der Waals surface area contributed by atoms with E-state index in [1.54, 1.807) is 6.20 Å². The lowest BCUT2D eigenvalue weighted by atomic mass is 9.83. The summed E-state index contributed by atoms with van der Waals surface area (Å²) < 4.78 is 0. The Kier molecular flexibility index (Phi) is 3.98.